The number of nitrogens with zero attached hydrogens (tertiary/aromatic N) is 1. The van der Waals surface area contributed by atoms with Gasteiger partial charge in [-0.1, -0.05) is 30.9 Å². The molecule has 0 atom stereocenters. The van der Waals surface area contributed by atoms with Crippen molar-refractivity contribution in [1.82, 2.24) is 0 Å². The van der Waals surface area contributed by atoms with Crippen molar-refractivity contribution in [3.05, 3.63) is 59.8 Å². The fourth-order valence-corrected chi connectivity index (χ4v) is 2.20. The maximum absolute atomic E-state index is 3.94. The molecule has 0 spiro atoms. The number of rotatable bonds is 2. The lowest BCUT2D eigenvalue weighted by atomic mass is 9.98. The first-order chi connectivity index (χ1) is 8.15. The summed E-state index contributed by atoms with van der Waals surface area (Å²) in [5.41, 5.74) is 6.27. The molecule has 0 bridgehead atoms. The van der Waals surface area contributed by atoms with Crippen LogP contribution in [-0.4, -0.2) is 0 Å². The molecule has 17 heavy (non-hydrogen) atoms. The Morgan fingerprint density at radius 3 is 2.41 bits per heavy atom. The Labute approximate surface area is 103 Å². The van der Waals surface area contributed by atoms with Gasteiger partial charge in [-0.15, -0.1) is 0 Å². The van der Waals surface area contributed by atoms with Gasteiger partial charge in [-0.05, 0) is 31.0 Å². The Kier molecular flexibility index (Phi) is 3.10. The molecule has 0 radical (unpaired) electrons. The Hall–Kier alpha value is -1.89. The molecule has 0 saturated carbocycles. The van der Waals surface area contributed by atoms with Gasteiger partial charge in [0.2, 0.25) is 5.69 Å². The monoisotopic (exact) mass is 224 g/mol. The second kappa shape index (κ2) is 4.54. The molecule has 1 heterocycles. The van der Waals surface area contributed by atoms with E-state index in [1.807, 2.05) is 6.08 Å². The van der Waals surface area contributed by atoms with Crippen LogP contribution in [0.3, 0.4) is 0 Å². The summed E-state index contributed by atoms with van der Waals surface area (Å²) in [4.78, 5) is 0. The Morgan fingerprint density at radius 1 is 1.06 bits per heavy atom. The van der Waals surface area contributed by atoms with Crippen molar-refractivity contribution in [2.75, 3.05) is 0 Å². The van der Waals surface area contributed by atoms with Crippen LogP contribution in [0.1, 0.15) is 16.7 Å². The lowest BCUT2D eigenvalue weighted by Crippen LogP contribution is -2.32. The molecule has 2 rings (SSSR count). The predicted octanol–water partition coefficient (Wildman–Crippen LogP) is 3.44. The number of benzene rings is 1. The van der Waals surface area contributed by atoms with E-state index < -0.39 is 0 Å². The normalized spacial score (nSPS) is 10.3. The van der Waals surface area contributed by atoms with Crippen LogP contribution in [0.5, 0.6) is 0 Å². The van der Waals surface area contributed by atoms with Crippen molar-refractivity contribution < 1.29 is 4.57 Å². The molecule has 0 saturated heterocycles. The van der Waals surface area contributed by atoms with Crippen LogP contribution < -0.4 is 4.57 Å². The maximum atomic E-state index is 3.94. The third-order valence-electron chi connectivity index (χ3n) is 3.19. The standard InChI is InChI=1S/C16H18N/c1-5-14-13(3)10-11-17(4)16(14)15-9-7-6-8-12(15)2/h5-11H,1H2,2-4H3/q+1. The van der Waals surface area contributed by atoms with Crippen molar-refractivity contribution in [2.45, 2.75) is 13.8 Å². The van der Waals surface area contributed by atoms with E-state index >= 15 is 0 Å². The Morgan fingerprint density at radius 2 is 1.76 bits per heavy atom. The van der Waals surface area contributed by atoms with Crippen LogP contribution in [-0.2, 0) is 7.05 Å². The number of aryl methyl sites for hydroxylation is 3. The molecular weight excluding hydrogens is 206 g/mol. The van der Waals surface area contributed by atoms with Gasteiger partial charge in [0, 0.05) is 17.2 Å². The van der Waals surface area contributed by atoms with Crippen LogP contribution in [0, 0.1) is 13.8 Å². The van der Waals surface area contributed by atoms with Gasteiger partial charge in [0.15, 0.2) is 6.20 Å². The summed E-state index contributed by atoms with van der Waals surface area (Å²) in [5, 5.41) is 0. The third kappa shape index (κ3) is 2.01. The minimum Gasteiger partial charge on any atom is -0.200 e. The molecule has 2 aromatic rings. The number of hydrogen-bond donors (Lipinski definition) is 0. The average molecular weight is 224 g/mol. The predicted molar refractivity (Wildman–Crippen MR) is 72.6 cm³/mol. The van der Waals surface area contributed by atoms with Crippen LogP contribution in [0.4, 0.5) is 0 Å². The summed E-state index contributed by atoms with van der Waals surface area (Å²) in [6, 6.07) is 10.6. The van der Waals surface area contributed by atoms with Crippen molar-refractivity contribution in [2.24, 2.45) is 7.05 Å². The van der Waals surface area contributed by atoms with Crippen molar-refractivity contribution in [3.8, 4) is 11.3 Å². The van der Waals surface area contributed by atoms with E-state index in [4.69, 9.17) is 0 Å². The average Bonchev–Trinajstić information content (AvgIpc) is 2.33. The minimum atomic E-state index is 1.21. The van der Waals surface area contributed by atoms with Gasteiger partial charge >= 0.3 is 0 Å². The molecule has 1 heteroatoms. The largest absolute Gasteiger partial charge is 0.220 e. The number of hydrogen-bond acceptors (Lipinski definition) is 0. The maximum Gasteiger partial charge on any atom is 0.220 e. The molecular formula is C16H18N+. The molecule has 0 amide bonds. The van der Waals surface area contributed by atoms with Gasteiger partial charge in [-0.2, -0.15) is 0 Å². The summed E-state index contributed by atoms with van der Waals surface area (Å²) in [6.45, 7) is 8.20. The first kappa shape index (κ1) is 11.6. The Bertz CT molecular complexity index is 568. The molecule has 1 nitrogen and oxygen atoms in total. The zero-order valence-electron chi connectivity index (χ0n) is 10.7. The highest BCUT2D eigenvalue weighted by Crippen LogP contribution is 2.25. The third-order valence-corrected chi connectivity index (χ3v) is 3.19. The molecule has 0 unspecified atom stereocenters. The lowest BCUT2D eigenvalue weighted by Gasteiger charge is -2.09. The van der Waals surface area contributed by atoms with Gasteiger partial charge in [0.1, 0.15) is 7.05 Å². The van der Waals surface area contributed by atoms with Gasteiger partial charge in [0.05, 0.1) is 0 Å². The van der Waals surface area contributed by atoms with Crippen LogP contribution >= 0.6 is 0 Å². The zero-order chi connectivity index (χ0) is 12.4. The van der Waals surface area contributed by atoms with Crippen molar-refractivity contribution >= 4 is 6.08 Å². The first-order valence-electron chi connectivity index (χ1n) is 5.83. The van der Waals surface area contributed by atoms with Gasteiger partial charge in [0.25, 0.3) is 0 Å². The first-order valence-corrected chi connectivity index (χ1v) is 5.83. The van der Waals surface area contributed by atoms with E-state index in [1.54, 1.807) is 0 Å². The van der Waals surface area contributed by atoms with E-state index in [0.29, 0.717) is 0 Å². The van der Waals surface area contributed by atoms with E-state index in [0.717, 1.165) is 0 Å². The van der Waals surface area contributed by atoms with Gasteiger partial charge in [-0.3, -0.25) is 0 Å². The zero-order valence-corrected chi connectivity index (χ0v) is 10.7. The van der Waals surface area contributed by atoms with Gasteiger partial charge in [-0.25, -0.2) is 4.57 Å². The summed E-state index contributed by atoms with van der Waals surface area (Å²) in [7, 11) is 2.08. The van der Waals surface area contributed by atoms with Crippen molar-refractivity contribution in [3.63, 3.8) is 0 Å². The fraction of sp³-hybridized carbons (Fsp3) is 0.188. The highest BCUT2D eigenvalue weighted by atomic mass is 14.9. The highest BCUT2D eigenvalue weighted by Gasteiger charge is 2.17. The van der Waals surface area contributed by atoms with Gasteiger partial charge < -0.3 is 0 Å². The van der Waals surface area contributed by atoms with Crippen molar-refractivity contribution in [1.29, 1.82) is 0 Å². The van der Waals surface area contributed by atoms with E-state index in [2.05, 4.69) is 68.6 Å². The Balaban J connectivity index is 2.79. The van der Waals surface area contributed by atoms with Crippen LogP contribution in [0.15, 0.2) is 43.1 Å². The summed E-state index contributed by atoms with van der Waals surface area (Å²) in [6.07, 6.45) is 4.04. The van der Waals surface area contributed by atoms with E-state index in [9.17, 15) is 0 Å². The molecule has 0 fully saturated rings. The molecule has 0 N–H and O–H groups in total. The lowest BCUT2D eigenvalue weighted by molar-refractivity contribution is -0.660. The molecule has 0 aliphatic rings. The van der Waals surface area contributed by atoms with Crippen LogP contribution in [0.2, 0.25) is 0 Å². The molecule has 1 aromatic heterocycles. The summed E-state index contributed by atoms with van der Waals surface area (Å²) >= 11 is 0. The fourth-order valence-electron chi connectivity index (χ4n) is 2.20. The SMILES string of the molecule is C=Cc1c(C)cc[n+](C)c1-c1ccccc1C. The summed E-state index contributed by atoms with van der Waals surface area (Å²) in [5.74, 6) is 0. The molecule has 1 aromatic carbocycles. The van der Waals surface area contributed by atoms with E-state index in [-0.39, 0.29) is 0 Å². The quantitative estimate of drug-likeness (QED) is 0.688. The number of aromatic nitrogens is 1. The molecule has 0 aliphatic heterocycles. The minimum absolute atomic E-state index is 1.21. The molecule has 0 aliphatic carbocycles. The van der Waals surface area contributed by atoms with E-state index in [1.165, 1.54) is 27.9 Å². The second-order valence-electron chi connectivity index (χ2n) is 4.39. The highest BCUT2D eigenvalue weighted by molar-refractivity contribution is 5.72. The van der Waals surface area contributed by atoms with Crippen LogP contribution in [0.25, 0.3) is 17.3 Å². The topological polar surface area (TPSA) is 3.88 Å². The summed E-state index contributed by atoms with van der Waals surface area (Å²) < 4.78 is 2.16. The smallest absolute Gasteiger partial charge is 0.200 e. The molecule has 86 valence electrons. The number of pyridine rings is 1. The second-order valence-corrected chi connectivity index (χ2v) is 4.39.